The molecule has 2 rings (SSSR count). The minimum absolute atomic E-state index is 0.106. The summed E-state index contributed by atoms with van der Waals surface area (Å²) in [4.78, 5) is 0.106. The molecule has 1 fully saturated rings. The van der Waals surface area contributed by atoms with Crippen molar-refractivity contribution in [3.05, 3.63) is 28.8 Å². The maximum absolute atomic E-state index is 12.1. The lowest BCUT2D eigenvalue weighted by atomic mass is 10.1. The van der Waals surface area contributed by atoms with Crippen LogP contribution in [0.5, 0.6) is 0 Å². The summed E-state index contributed by atoms with van der Waals surface area (Å²) in [5, 5.41) is 8.92. The minimum Gasteiger partial charge on any atom is -0.211 e. The van der Waals surface area contributed by atoms with Gasteiger partial charge in [-0.3, -0.25) is 0 Å². The average Bonchev–Trinajstić information content (AvgIpc) is 2.89. The van der Waals surface area contributed by atoms with Gasteiger partial charge < -0.3 is 0 Å². The lowest BCUT2D eigenvalue weighted by molar-refractivity contribution is 0.519. The van der Waals surface area contributed by atoms with Gasteiger partial charge in [0.2, 0.25) is 10.0 Å². The van der Waals surface area contributed by atoms with Crippen molar-refractivity contribution in [1.82, 2.24) is 4.72 Å². The highest BCUT2D eigenvalue weighted by molar-refractivity contribution is 7.89. The number of benzene rings is 1. The van der Waals surface area contributed by atoms with E-state index in [1.54, 1.807) is 0 Å². The van der Waals surface area contributed by atoms with E-state index < -0.39 is 10.0 Å². The monoisotopic (exact) mass is 298 g/mol. The molecule has 1 aromatic carbocycles. The van der Waals surface area contributed by atoms with E-state index in [-0.39, 0.29) is 15.5 Å². The Balaban J connectivity index is 2.10. The van der Waals surface area contributed by atoms with Gasteiger partial charge in [-0.05, 0) is 37.0 Å². The van der Waals surface area contributed by atoms with Crippen molar-refractivity contribution in [3.63, 3.8) is 0 Å². The van der Waals surface area contributed by atoms with E-state index in [4.69, 9.17) is 16.9 Å². The Hall–Kier alpha value is -1.09. The zero-order valence-corrected chi connectivity index (χ0v) is 12.0. The maximum atomic E-state index is 12.1. The highest BCUT2D eigenvalue weighted by Crippen LogP contribution is 2.25. The van der Waals surface area contributed by atoms with Gasteiger partial charge in [0, 0.05) is 6.54 Å². The van der Waals surface area contributed by atoms with E-state index >= 15 is 0 Å². The molecule has 0 aliphatic heterocycles. The SMILES string of the molecule is N#Cc1ccc(S(=O)(=O)NCC2CCCC2)cc1Cl. The molecule has 0 heterocycles. The van der Waals surface area contributed by atoms with Crippen LogP contribution in [0.3, 0.4) is 0 Å². The molecule has 0 unspecified atom stereocenters. The third kappa shape index (κ3) is 3.47. The number of nitrogens with zero attached hydrogens (tertiary/aromatic N) is 1. The van der Waals surface area contributed by atoms with Crippen molar-refractivity contribution in [2.45, 2.75) is 30.6 Å². The van der Waals surface area contributed by atoms with Crippen LogP contribution in [-0.4, -0.2) is 15.0 Å². The molecule has 0 amide bonds. The predicted octanol–water partition coefficient (Wildman–Crippen LogP) is 2.68. The Bertz CT molecular complexity index is 602. The van der Waals surface area contributed by atoms with Crippen LogP contribution in [0.1, 0.15) is 31.2 Å². The Labute approximate surface area is 118 Å². The fourth-order valence-corrected chi connectivity index (χ4v) is 3.71. The summed E-state index contributed by atoms with van der Waals surface area (Å²) < 4.78 is 26.8. The van der Waals surface area contributed by atoms with Gasteiger partial charge in [-0.25, -0.2) is 13.1 Å². The van der Waals surface area contributed by atoms with E-state index in [1.165, 1.54) is 31.0 Å². The first-order chi connectivity index (χ1) is 9.03. The van der Waals surface area contributed by atoms with Crippen molar-refractivity contribution in [3.8, 4) is 6.07 Å². The first-order valence-electron chi connectivity index (χ1n) is 6.22. The minimum atomic E-state index is -3.54. The summed E-state index contributed by atoms with van der Waals surface area (Å²) in [5.74, 6) is 0.434. The molecule has 1 aromatic rings. The Morgan fingerprint density at radius 1 is 1.37 bits per heavy atom. The standard InChI is InChI=1S/C13H15ClN2O2S/c14-13-7-12(6-5-11(13)8-15)19(17,18)16-9-10-3-1-2-4-10/h5-7,10,16H,1-4,9H2. The smallest absolute Gasteiger partial charge is 0.211 e. The number of halogens is 1. The van der Waals surface area contributed by atoms with Crippen LogP contribution >= 0.6 is 11.6 Å². The first-order valence-corrected chi connectivity index (χ1v) is 8.08. The second kappa shape index (κ2) is 5.91. The van der Waals surface area contributed by atoms with Crippen LogP contribution in [0.25, 0.3) is 0 Å². The molecule has 1 N–H and O–H groups in total. The fourth-order valence-electron chi connectivity index (χ4n) is 2.28. The van der Waals surface area contributed by atoms with Crippen LogP contribution in [0.15, 0.2) is 23.1 Å². The van der Waals surface area contributed by atoms with Gasteiger partial charge in [0.05, 0.1) is 15.5 Å². The second-order valence-corrected chi connectivity index (χ2v) is 6.93. The maximum Gasteiger partial charge on any atom is 0.240 e. The molecule has 0 radical (unpaired) electrons. The van der Waals surface area contributed by atoms with Crippen molar-refractivity contribution in [2.24, 2.45) is 5.92 Å². The van der Waals surface area contributed by atoms with Crippen LogP contribution in [0, 0.1) is 17.2 Å². The van der Waals surface area contributed by atoms with Crippen molar-refractivity contribution in [2.75, 3.05) is 6.54 Å². The fraction of sp³-hybridized carbons (Fsp3) is 0.462. The molecule has 6 heteroatoms. The number of nitriles is 1. The summed E-state index contributed by atoms with van der Waals surface area (Å²) in [6.07, 6.45) is 4.51. The Kier molecular flexibility index (Phi) is 4.46. The lowest BCUT2D eigenvalue weighted by Gasteiger charge is -2.11. The van der Waals surface area contributed by atoms with Crippen LogP contribution in [0.4, 0.5) is 0 Å². The molecule has 19 heavy (non-hydrogen) atoms. The average molecular weight is 299 g/mol. The van der Waals surface area contributed by atoms with Crippen LogP contribution in [0.2, 0.25) is 5.02 Å². The van der Waals surface area contributed by atoms with E-state index in [2.05, 4.69) is 4.72 Å². The topological polar surface area (TPSA) is 70.0 Å². The van der Waals surface area contributed by atoms with Crippen molar-refractivity contribution < 1.29 is 8.42 Å². The lowest BCUT2D eigenvalue weighted by Crippen LogP contribution is -2.28. The van der Waals surface area contributed by atoms with Crippen molar-refractivity contribution in [1.29, 1.82) is 5.26 Å². The van der Waals surface area contributed by atoms with E-state index in [9.17, 15) is 8.42 Å². The molecular formula is C13H15ClN2O2S. The number of hydrogen-bond donors (Lipinski definition) is 1. The van der Waals surface area contributed by atoms with E-state index in [0.29, 0.717) is 12.5 Å². The largest absolute Gasteiger partial charge is 0.240 e. The zero-order chi connectivity index (χ0) is 13.9. The van der Waals surface area contributed by atoms with Crippen LogP contribution in [-0.2, 0) is 10.0 Å². The summed E-state index contributed by atoms with van der Waals surface area (Å²) in [7, 11) is -3.54. The third-order valence-electron chi connectivity index (χ3n) is 3.41. The molecule has 1 aliphatic rings. The van der Waals surface area contributed by atoms with Gasteiger partial charge in [-0.1, -0.05) is 24.4 Å². The normalized spacial score (nSPS) is 16.4. The Morgan fingerprint density at radius 2 is 2.05 bits per heavy atom. The molecule has 0 saturated heterocycles. The molecule has 0 aromatic heterocycles. The van der Waals surface area contributed by atoms with Gasteiger partial charge in [-0.15, -0.1) is 0 Å². The summed E-state index contributed by atoms with van der Waals surface area (Å²) in [5.41, 5.74) is 0.274. The number of rotatable bonds is 4. The highest BCUT2D eigenvalue weighted by atomic mass is 35.5. The van der Waals surface area contributed by atoms with Gasteiger partial charge in [-0.2, -0.15) is 5.26 Å². The van der Waals surface area contributed by atoms with E-state index in [1.807, 2.05) is 6.07 Å². The van der Waals surface area contributed by atoms with E-state index in [0.717, 1.165) is 12.8 Å². The molecular weight excluding hydrogens is 284 g/mol. The summed E-state index contributed by atoms with van der Waals surface area (Å²) >= 11 is 5.85. The third-order valence-corrected chi connectivity index (χ3v) is 5.14. The molecule has 1 saturated carbocycles. The number of sulfonamides is 1. The molecule has 0 atom stereocenters. The van der Waals surface area contributed by atoms with Crippen molar-refractivity contribution >= 4 is 21.6 Å². The van der Waals surface area contributed by atoms with Gasteiger partial charge in [0.25, 0.3) is 0 Å². The van der Waals surface area contributed by atoms with Gasteiger partial charge in [0.15, 0.2) is 0 Å². The number of nitrogens with one attached hydrogen (secondary N) is 1. The second-order valence-electron chi connectivity index (χ2n) is 4.76. The van der Waals surface area contributed by atoms with Crippen LogP contribution < -0.4 is 4.72 Å². The van der Waals surface area contributed by atoms with Gasteiger partial charge in [0.1, 0.15) is 6.07 Å². The highest BCUT2D eigenvalue weighted by Gasteiger charge is 2.20. The van der Waals surface area contributed by atoms with Gasteiger partial charge >= 0.3 is 0 Å². The summed E-state index contributed by atoms with van der Waals surface area (Å²) in [6, 6.07) is 6.05. The Morgan fingerprint density at radius 3 is 2.63 bits per heavy atom. The molecule has 1 aliphatic carbocycles. The molecule has 0 spiro atoms. The first kappa shape index (κ1) is 14.3. The quantitative estimate of drug-likeness (QED) is 0.929. The molecule has 0 bridgehead atoms. The summed E-state index contributed by atoms with van der Waals surface area (Å²) in [6.45, 7) is 0.472. The zero-order valence-electron chi connectivity index (χ0n) is 10.4. The number of hydrogen-bond acceptors (Lipinski definition) is 3. The molecule has 4 nitrogen and oxygen atoms in total. The molecule has 102 valence electrons. The predicted molar refractivity (Wildman–Crippen MR) is 73.3 cm³/mol.